The van der Waals surface area contributed by atoms with Crippen molar-refractivity contribution in [2.45, 2.75) is 104 Å². The van der Waals surface area contributed by atoms with Gasteiger partial charge in [-0.2, -0.15) is 5.26 Å². The molecule has 0 bridgehead atoms. The Bertz CT molecular complexity index is 719. The Balaban J connectivity index is 2.39. The molecule has 0 spiro atoms. The lowest BCUT2D eigenvalue weighted by Gasteiger charge is -2.42. The fourth-order valence-electron chi connectivity index (χ4n) is 4.21. The van der Waals surface area contributed by atoms with Gasteiger partial charge in [-0.1, -0.05) is 54.5 Å². The molecule has 0 fully saturated rings. The van der Waals surface area contributed by atoms with Crippen LogP contribution in [0.2, 0.25) is 13.1 Å². The minimum atomic E-state index is -0.747. The first-order valence-electron chi connectivity index (χ1n) is 10.3. The zero-order valence-electron chi connectivity index (χ0n) is 18.9. The molecule has 0 amide bonds. The van der Waals surface area contributed by atoms with Crippen molar-refractivity contribution in [3.8, 4) is 6.07 Å². The summed E-state index contributed by atoms with van der Waals surface area (Å²) in [6, 6.07) is 7.01. The summed E-state index contributed by atoms with van der Waals surface area (Å²) in [7, 11) is -0.747. The molecular formula is C24H38NOSi. The number of rotatable bonds is 5. The molecule has 3 heteroatoms. The molecule has 1 aromatic rings. The highest BCUT2D eigenvalue weighted by atomic mass is 28.3. The van der Waals surface area contributed by atoms with Gasteiger partial charge in [-0.3, -0.25) is 0 Å². The normalized spacial score (nSPS) is 19.4. The third-order valence-corrected chi connectivity index (χ3v) is 6.97. The van der Waals surface area contributed by atoms with Crippen molar-refractivity contribution in [3.05, 3.63) is 34.4 Å². The maximum absolute atomic E-state index is 9.81. The Kier molecular flexibility index (Phi) is 6.34. The Morgan fingerprint density at radius 1 is 1.07 bits per heavy atom. The molecule has 0 saturated heterocycles. The van der Waals surface area contributed by atoms with Crippen LogP contribution in [0, 0.1) is 16.7 Å². The average molecular weight is 385 g/mol. The van der Waals surface area contributed by atoms with E-state index < -0.39 is 9.04 Å². The number of aryl methyl sites for hydroxylation is 1. The Labute approximate surface area is 169 Å². The van der Waals surface area contributed by atoms with E-state index in [0.29, 0.717) is 0 Å². The highest BCUT2D eigenvalue weighted by molar-refractivity contribution is 6.48. The van der Waals surface area contributed by atoms with Crippen molar-refractivity contribution in [2.24, 2.45) is 5.41 Å². The van der Waals surface area contributed by atoms with E-state index in [2.05, 4.69) is 79.8 Å². The molecule has 0 saturated carbocycles. The summed E-state index contributed by atoms with van der Waals surface area (Å²) in [6.45, 7) is 20.5. The van der Waals surface area contributed by atoms with Gasteiger partial charge in [-0.25, -0.2) is 0 Å². The Morgan fingerprint density at radius 2 is 1.59 bits per heavy atom. The van der Waals surface area contributed by atoms with E-state index in [1.165, 1.54) is 29.5 Å². The van der Waals surface area contributed by atoms with Crippen LogP contribution < -0.4 is 0 Å². The molecule has 1 aromatic carbocycles. The van der Waals surface area contributed by atoms with Crippen molar-refractivity contribution in [1.29, 1.82) is 5.26 Å². The van der Waals surface area contributed by atoms with E-state index >= 15 is 0 Å². The zero-order chi connectivity index (χ0) is 20.6. The fourth-order valence-corrected chi connectivity index (χ4v) is 5.25. The summed E-state index contributed by atoms with van der Waals surface area (Å²) in [5, 5.41) is 9.81. The highest BCUT2D eigenvalue weighted by Gasteiger charge is 2.37. The monoisotopic (exact) mass is 384 g/mol. The summed E-state index contributed by atoms with van der Waals surface area (Å²) in [4.78, 5) is 0. The maximum Gasteiger partial charge on any atom is 0.205 e. The number of nitriles is 1. The van der Waals surface area contributed by atoms with Crippen LogP contribution in [0.5, 0.6) is 0 Å². The zero-order valence-corrected chi connectivity index (χ0v) is 19.9. The first-order chi connectivity index (χ1) is 12.3. The number of hydrogen-bond donors (Lipinski definition) is 0. The number of hydrogen-bond acceptors (Lipinski definition) is 2. The molecule has 1 radical (unpaired) electrons. The third kappa shape index (κ3) is 5.03. The molecule has 0 aliphatic heterocycles. The quantitative estimate of drug-likeness (QED) is 0.541. The van der Waals surface area contributed by atoms with Gasteiger partial charge in [0.05, 0.1) is 17.7 Å². The third-order valence-electron chi connectivity index (χ3n) is 6.22. The maximum atomic E-state index is 9.81. The lowest BCUT2D eigenvalue weighted by atomic mass is 9.62. The van der Waals surface area contributed by atoms with Crippen LogP contribution in [0.1, 0.15) is 90.0 Å². The molecule has 0 aromatic heterocycles. The van der Waals surface area contributed by atoms with Gasteiger partial charge < -0.3 is 4.43 Å². The van der Waals surface area contributed by atoms with Gasteiger partial charge in [0.1, 0.15) is 0 Å². The fraction of sp³-hybridized carbons (Fsp3) is 0.708. The first kappa shape index (κ1) is 22.2. The molecule has 27 heavy (non-hydrogen) atoms. The predicted molar refractivity (Wildman–Crippen MR) is 117 cm³/mol. The smallest absolute Gasteiger partial charge is 0.205 e. The van der Waals surface area contributed by atoms with Crippen LogP contribution in [-0.2, 0) is 21.7 Å². The van der Waals surface area contributed by atoms with Gasteiger partial charge >= 0.3 is 0 Å². The first-order valence-corrected chi connectivity index (χ1v) is 12.7. The highest BCUT2D eigenvalue weighted by Crippen LogP contribution is 2.46. The Hall–Kier alpha value is -1.11. The molecule has 1 atom stereocenters. The molecule has 2 nitrogen and oxygen atoms in total. The van der Waals surface area contributed by atoms with E-state index in [0.717, 1.165) is 18.4 Å². The van der Waals surface area contributed by atoms with Crippen LogP contribution in [-0.4, -0.2) is 15.1 Å². The number of nitrogens with zero attached hydrogens (tertiary/aromatic N) is 1. The second-order valence-electron chi connectivity index (χ2n) is 10.9. The van der Waals surface area contributed by atoms with Gasteiger partial charge in [0, 0.05) is 0 Å². The van der Waals surface area contributed by atoms with Crippen molar-refractivity contribution in [3.63, 3.8) is 0 Å². The minimum absolute atomic E-state index is 0.115. The van der Waals surface area contributed by atoms with Crippen LogP contribution in [0.25, 0.3) is 0 Å². The van der Waals surface area contributed by atoms with Crippen molar-refractivity contribution in [2.75, 3.05) is 0 Å². The van der Waals surface area contributed by atoms with Gasteiger partial charge in [0.2, 0.25) is 9.04 Å². The lowest BCUT2D eigenvalue weighted by molar-refractivity contribution is 0.0788. The number of benzene rings is 1. The molecule has 1 aliphatic rings. The van der Waals surface area contributed by atoms with Crippen molar-refractivity contribution < 1.29 is 4.43 Å². The van der Waals surface area contributed by atoms with Crippen LogP contribution in [0.3, 0.4) is 0 Å². The van der Waals surface area contributed by atoms with E-state index in [-0.39, 0.29) is 22.3 Å². The Morgan fingerprint density at radius 3 is 2.04 bits per heavy atom. The molecule has 2 rings (SSSR count). The van der Waals surface area contributed by atoms with Crippen LogP contribution in [0.4, 0.5) is 0 Å². The number of fused-ring (bicyclic) bond motifs is 1. The molecule has 1 aliphatic carbocycles. The SMILES string of the molecule is C[Si](C)OC(CCc1cc2c(cc1C#N)C(C)(C)CCC2(C)C)C(C)(C)C. The van der Waals surface area contributed by atoms with E-state index in [9.17, 15) is 5.26 Å². The molecule has 0 N–H and O–H groups in total. The van der Waals surface area contributed by atoms with Crippen LogP contribution >= 0.6 is 0 Å². The molecule has 149 valence electrons. The standard InChI is InChI=1S/C24H38NOSi/c1-22(2,3)21(26-27(8)9)11-10-17-14-19-20(15-18(17)16-25)24(6,7)13-12-23(19,4)5/h14-15,21H,10-13H2,1-9H3. The van der Waals surface area contributed by atoms with E-state index in [1.807, 2.05) is 0 Å². The second kappa shape index (κ2) is 7.72. The second-order valence-corrected chi connectivity index (χ2v) is 12.9. The molecule has 0 heterocycles. The van der Waals surface area contributed by atoms with Gasteiger partial charge in [-0.15, -0.1) is 0 Å². The minimum Gasteiger partial charge on any atom is -0.414 e. The van der Waals surface area contributed by atoms with Gasteiger partial charge in [0.15, 0.2) is 0 Å². The topological polar surface area (TPSA) is 33.0 Å². The summed E-state index contributed by atoms with van der Waals surface area (Å²) in [6.07, 6.45) is 4.48. The van der Waals surface area contributed by atoms with Crippen molar-refractivity contribution in [1.82, 2.24) is 0 Å². The summed E-state index contributed by atoms with van der Waals surface area (Å²) in [5.74, 6) is 0. The van der Waals surface area contributed by atoms with Gasteiger partial charge in [-0.05, 0) is 77.8 Å². The summed E-state index contributed by atoms with van der Waals surface area (Å²) >= 11 is 0. The average Bonchev–Trinajstić information content (AvgIpc) is 2.54. The predicted octanol–water partition coefficient (Wildman–Crippen LogP) is 6.52. The van der Waals surface area contributed by atoms with E-state index in [4.69, 9.17) is 4.43 Å². The largest absolute Gasteiger partial charge is 0.414 e. The lowest BCUT2D eigenvalue weighted by Crippen LogP contribution is -2.35. The summed E-state index contributed by atoms with van der Waals surface area (Å²) < 4.78 is 6.32. The molecular weight excluding hydrogens is 346 g/mol. The van der Waals surface area contributed by atoms with Crippen molar-refractivity contribution >= 4 is 9.04 Å². The molecule has 1 unspecified atom stereocenters. The summed E-state index contributed by atoms with van der Waals surface area (Å²) in [5.41, 5.74) is 5.30. The van der Waals surface area contributed by atoms with Crippen LogP contribution in [0.15, 0.2) is 12.1 Å². The van der Waals surface area contributed by atoms with Gasteiger partial charge in [0.25, 0.3) is 0 Å². The van der Waals surface area contributed by atoms with E-state index in [1.54, 1.807) is 0 Å².